The molecule has 154 valence electrons. The Hall–Kier alpha value is -1.62. The zero-order valence-electron chi connectivity index (χ0n) is 14.2. The SMILES string of the molecule is Cc1ccc(S(=O)(=O)NCCC/C=C/CC(F)(F)C(F)(F)C(F)(F)F)cc1. The number of hydrogen-bond acceptors (Lipinski definition) is 2. The maximum Gasteiger partial charge on any atom is 0.459 e. The maximum absolute atomic E-state index is 13.0. The van der Waals surface area contributed by atoms with E-state index in [1.165, 1.54) is 12.1 Å². The van der Waals surface area contributed by atoms with Crippen LogP contribution in [0.15, 0.2) is 41.3 Å². The van der Waals surface area contributed by atoms with Crippen molar-refractivity contribution in [2.45, 2.75) is 49.1 Å². The highest BCUT2D eigenvalue weighted by atomic mass is 32.2. The van der Waals surface area contributed by atoms with Gasteiger partial charge in [0.1, 0.15) is 0 Å². The number of sulfonamides is 1. The first-order chi connectivity index (χ1) is 12.2. The van der Waals surface area contributed by atoms with Gasteiger partial charge in [0.05, 0.1) is 4.90 Å². The number of unbranched alkanes of at least 4 members (excludes halogenated alkanes) is 1. The van der Waals surface area contributed by atoms with Crippen molar-refractivity contribution in [3.05, 3.63) is 42.0 Å². The van der Waals surface area contributed by atoms with E-state index in [0.29, 0.717) is 6.08 Å². The second kappa shape index (κ2) is 8.59. The molecule has 0 radical (unpaired) electrons. The summed E-state index contributed by atoms with van der Waals surface area (Å²) in [6, 6.07) is 6.02. The molecule has 1 rings (SSSR count). The molecule has 1 aromatic rings. The fraction of sp³-hybridized carbons (Fsp3) is 0.500. The highest BCUT2D eigenvalue weighted by Crippen LogP contribution is 2.48. The van der Waals surface area contributed by atoms with Gasteiger partial charge in [0, 0.05) is 13.0 Å². The number of benzene rings is 1. The first-order valence-corrected chi connectivity index (χ1v) is 9.23. The van der Waals surface area contributed by atoms with Gasteiger partial charge in [-0.05, 0) is 31.9 Å². The Morgan fingerprint density at radius 2 is 1.52 bits per heavy atom. The lowest BCUT2D eigenvalue weighted by Gasteiger charge is -2.27. The van der Waals surface area contributed by atoms with Crippen LogP contribution in [0.4, 0.5) is 30.7 Å². The number of nitrogens with one attached hydrogen (secondary N) is 1. The van der Waals surface area contributed by atoms with Crippen LogP contribution in [0, 0.1) is 6.92 Å². The average molecular weight is 421 g/mol. The molecule has 0 bridgehead atoms. The molecule has 0 aliphatic rings. The van der Waals surface area contributed by atoms with E-state index in [-0.39, 0.29) is 24.3 Å². The minimum atomic E-state index is -6.35. The molecule has 1 N–H and O–H groups in total. The van der Waals surface area contributed by atoms with Crippen molar-refractivity contribution in [2.75, 3.05) is 6.54 Å². The van der Waals surface area contributed by atoms with E-state index in [0.717, 1.165) is 11.6 Å². The van der Waals surface area contributed by atoms with E-state index in [2.05, 4.69) is 4.72 Å². The van der Waals surface area contributed by atoms with Crippen LogP contribution in [0.25, 0.3) is 0 Å². The molecule has 0 amide bonds. The number of allylic oxidation sites excluding steroid dienone is 2. The van der Waals surface area contributed by atoms with Crippen LogP contribution >= 0.6 is 0 Å². The molecule has 0 heterocycles. The minimum absolute atomic E-state index is 0.0179. The van der Waals surface area contributed by atoms with Gasteiger partial charge in [-0.1, -0.05) is 29.8 Å². The van der Waals surface area contributed by atoms with Crippen molar-refractivity contribution in [1.29, 1.82) is 0 Å². The molecule has 0 fully saturated rings. The molecule has 0 aromatic heterocycles. The van der Waals surface area contributed by atoms with Gasteiger partial charge in [0.15, 0.2) is 0 Å². The summed E-state index contributed by atoms with van der Waals surface area (Å²) in [5.41, 5.74) is 0.868. The van der Waals surface area contributed by atoms with E-state index in [1.54, 1.807) is 19.1 Å². The summed E-state index contributed by atoms with van der Waals surface area (Å²) in [6.45, 7) is 1.72. The number of aryl methyl sites for hydroxylation is 1. The third-order valence-electron chi connectivity index (χ3n) is 3.53. The van der Waals surface area contributed by atoms with Gasteiger partial charge in [0.25, 0.3) is 0 Å². The second-order valence-electron chi connectivity index (χ2n) is 5.81. The molecule has 1 aromatic carbocycles. The van der Waals surface area contributed by atoms with Gasteiger partial charge in [0.2, 0.25) is 10.0 Å². The fourth-order valence-electron chi connectivity index (χ4n) is 1.91. The highest BCUT2D eigenvalue weighted by Gasteiger charge is 2.72. The van der Waals surface area contributed by atoms with E-state index in [4.69, 9.17) is 0 Å². The Kier molecular flexibility index (Phi) is 7.45. The molecular weight excluding hydrogens is 403 g/mol. The Balaban J connectivity index is 2.45. The number of alkyl halides is 7. The van der Waals surface area contributed by atoms with E-state index < -0.39 is 34.5 Å². The number of hydrogen-bond donors (Lipinski definition) is 1. The van der Waals surface area contributed by atoms with Crippen LogP contribution in [0.1, 0.15) is 24.8 Å². The van der Waals surface area contributed by atoms with Gasteiger partial charge in [-0.25, -0.2) is 13.1 Å². The van der Waals surface area contributed by atoms with Crippen molar-refractivity contribution in [1.82, 2.24) is 4.72 Å². The Morgan fingerprint density at radius 3 is 2.04 bits per heavy atom. The third kappa shape index (κ3) is 6.20. The normalized spacial score (nSPS) is 14.1. The molecule has 0 atom stereocenters. The molecule has 0 unspecified atom stereocenters. The second-order valence-corrected chi connectivity index (χ2v) is 7.57. The molecule has 0 spiro atoms. The largest absolute Gasteiger partial charge is 0.459 e. The summed E-state index contributed by atoms with van der Waals surface area (Å²) >= 11 is 0. The maximum atomic E-state index is 13.0. The van der Waals surface area contributed by atoms with Gasteiger partial charge < -0.3 is 0 Å². The molecule has 0 aliphatic heterocycles. The molecule has 11 heteroatoms. The van der Waals surface area contributed by atoms with Crippen molar-refractivity contribution < 1.29 is 39.2 Å². The minimum Gasteiger partial charge on any atom is -0.211 e. The highest BCUT2D eigenvalue weighted by molar-refractivity contribution is 7.89. The van der Waals surface area contributed by atoms with Crippen molar-refractivity contribution in [2.24, 2.45) is 0 Å². The number of halogens is 7. The Morgan fingerprint density at radius 1 is 0.963 bits per heavy atom. The van der Waals surface area contributed by atoms with Crippen LogP contribution in [-0.2, 0) is 10.0 Å². The smallest absolute Gasteiger partial charge is 0.211 e. The van der Waals surface area contributed by atoms with E-state index in [9.17, 15) is 39.2 Å². The topological polar surface area (TPSA) is 46.2 Å². The van der Waals surface area contributed by atoms with Gasteiger partial charge in [-0.3, -0.25) is 0 Å². The summed E-state index contributed by atoms with van der Waals surface area (Å²) in [6.07, 6.45) is -6.45. The summed E-state index contributed by atoms with van der Waals surface area (Å²) < 4.78 is 113. The predicted octanol–water partition coefficient (Wildman–Crippen LogP) is 4.83. The molecule has 3 nitrogen and oxygen atoms in total. The standard InChI is InChI=1S/C16H18F7NO2S/c1-12-6-8-13(9-7-12)27(25,26)24-11-5-3-2-4-10-14(17,18)15(19,20)16(21,22)23/h2,4,6-9,24H,3,5,10-11H2,1H3/b4-2+. The first kappa shape index (κ1) is 23.4. The van der Waals surface area contributed by atoms with Gasteiger partial charge in [-0.15, -0.1) is 0 Å². The van der Waals surface area contributed by atoms with Crippen LogP contribution in [0.5, 0.6) is 0 Å². The lowest BCUT2D eigenvalue weighted by atomic mass is 10.1. The van der Waals surface area contributed by atoms with Crippen LogP contribution in [0.3, 0.4) is 0 Å². The van der Waals surface area contributed by atoms with Crippen molar-refractivity contribution >= 4 is 10.0 Å². The Bertz CT molecular complexity index is 741. The van der Waals surface area contributed by atoms with Crippen molar-refractivity contribution in [3.63, 3.8) is 0 Å². The molecule has 27 heavy (non-hydrogen) atoms. The van der Waals surface area contributed by atoms with Gasteiger partial charge >= 0.3 is 18.0 Å². The molecule has 0 aliphatic carbocycles. The summed E-state index contributed by atoms with van der Waals surface area (Å²) in [5.74, 6) is -11.4. The lowest BCUT2D eigenvalue weighted by molar-refractivity contribution is -0.353. The Labute approximate surface area is 152 Å². The van der Waals surface area contributed by atoms with Gasteiger partial charge in [-0.2, -0.15) is 30.7 Å². The summed E-state index contributed by atoms with van der Waals surface area (Å²) in [7, 11) is -3.75. The molecule has 0 saturated carbocycles. The number of rotatable bonds is 9. The van der Waals surface area contributed by atoms with E-state index >= 15 is 0 Å². The predicted molar refractivity (Wildman–Crippen MR) is 85.3 cm³/mol. The third-order valence-corrected chi connectivity index (χ3v) is 5.00. The molecule has 0 saturated heterocycles. The summed E-state index contributed by atoms with van der Waals surface area (Å²) in [5, 5.41) is 0. The van der Waals surface area contributed by atoms with E-state index in [1.807, 2.05) is 0 Å². The zero-order valence-corrected chi connectivity index (χ0v) is 15.0. The van der Waals surface area contributed by atoms with Crippen LogP contribution in [0.2, 0.25) is 0 Å². The monoisotopic (exact) mass is 421 g/mol. The van der Waals surface area contributed by atoms with Crippen LogP contribution < -0.4 is 4.72 Å². The van der Waals surface area contributed by atoms with Crippen LogP contribution in [-0.4, -0.2) is 33.0 Å². The quantitative estimate of drug-likeness (QED) is 0.353. The summed E-state index contributed by atoms with van der Waals surface area (Å²) in [4.78, 5) is 0.0395. The average Bonchev–Trinajstić information content (AvgIpc) is 2.53. The molecular formula is C16H18F7NO2S. The zero-order chi connectivity index (χ0) is 20.9. The first-order valence-electron chi connectivity index (χ1n) is 7.74. The lowest BCUT2D eigenvalue weighted by Crippen LogP contribution is -2.51. The fourth-order valence-corrected chi connectivity index (χ4v) is 2.99. The van der Waals surface area contributed by atoms with Crippen molar-refractivity contribution in [3.8, 4) is 0 Å².